The zero-order valence-electron chi connectivity index (χ0n) is 10.6. The van der Waals surface area contributed by atoms with E-state index in [1.54, 1.807) is 6.92 Å². The Hall–Kier alpha value is -2.21. The number of amides is 1. The van der Waals surface area contributed by atoms with E-state index in [0.29, 0.717) is 5.82 Å². The van der Waals surface area contributed by atoms with E-state index in [1.807, 2.05) is 0 Å². The van der Waals surface area contributed by atoms with Crippen molar-refractivity contribution in [3.8, 4) is 0 Å². The van der Waals surface area contributed by atoms with Crippen molar-refractivity contribution in [1.82, 2.24) is 9.55 Å². The van der Waals surface area contributed by atoms with E-state index in [4.69, 9.17) is 17.3 Å². The van der Waals surface area contributed by atoms with Crippen LogP contribution in [0, 0.1) is 12.7 Å². The minimum atomic E-state index is -0.711. The Kier molecular flexibility index (Phi) is 3.85. The molecule has 5 nitrogen and oxygen atoms in total. The second kappa shape index (κ2) is 5.42. The smallest absolute Gasteiger partial charge is 0.255 e. The summed E-state index contributed by atoms with van der Waals surface area (Å²) in [6.45, 7) is 1.60. The van der Waals surface area contributed by atoms with Gasteiger partial charge in [0.15, 0.2) is 0 Å². The van der Waals surface area contributed by atoms with Gasteiger partial charge >= 0.3 is 0 Å². The van der Waals surface area contributed by atoms with E-state index < -0.39 is 11.7 Å². The van der Waals surface area contributed by atoms with Gasteiger partial charge < -0.3 is 5.73 Å². The fourth-order valence-corrected chi connectivity index (χ4v) is 1.99. The number of aryl methyl sites for hydroxylation is 1. The molecule has 0 radical (unpaired) electrons. The minimum absolute atomic E-state index is 0.000287. The van der Waals surface area contributed by atoms with Gasteiger partial charge in [0.2, 0.25) is 5.91 Å². The maximum Gasteiger partial charge on any atom is 0.255 e. The van der Waals surface area contributed by atoms with Crippen LogP contribution >= 0.6 is 11.6 Å². The van der Waals surface area contributed by atoms with Gasteiger partial charge in [0.1, 0.15) is 16.8 Å². The molecule has 0 unspecified atom stereocenters. The third-order valence-electron chi connectivity index (χ3n) is 2.83. The van der Waals surface area contributed by atoms with Crippen LogP contribution in [0.3, 0.4) is 0 Å². The van der Waals surface area contributed by atoms with Crippen LogP contribution in [0.1, 0.15) is 21.7 Å². The molecule has 0 aliphatic carbocycles. The molecule has 0 bridgehead atoms. The molecule has 1 amide bonds. The first-order chi connectivity index (χ1) is 9.38. The van der Waals surface area contributed by atoms with Crippen molar-refractivity contribution in [3.63, 3.8) is 0 Å². The van der Waals surface area contributed by atoms with E-state index in [9.17, 15) is 14.0 Å². The molecule has 1 heterocycles. The van der Waals surface area contributed by atoms with Crippen LogP contribution in [0.15, 0.2) is 29.1 Å². The Morgan fingerprint density at radius 2 is 2.15 bits per heavy atom. The third kappa shape index (κ3) is 2.85. The van der Waals surface area contributed by atoms with E-state index in [0.717, 1.165) is 12.1 Å². The number of halogens is 2. The van der Waals surface area contributed by atoms with Crippen LogP contribution in [0.25, 0.3) is 0 Å². The van der Waals surface area contributed by atoms with E-state index >= 15 is 0 Å². The van der Waals surface area contributed by atoms with Crippen molar-refractivity contribution in [2.24, 2.45) is 5.73 Å². The summed E-state index contributed by atoms with van der Waals surface area (Å²) in [6, 6.07) is 5.02. The van der Waals surface area contributed by atoms with Gasteiger partial charge in [0, 0.05) is 17.2 Å². The first-order valence-electron chi connectivity index (χ1n) is 5.70. The van der Waals surface area contributed by atoms with Gasteiger partial charge in [0.05, 0.1) is 6.54 Å². The van der Waals surface area contributed by atoms with Gasteiger partial charge in [-0.15, -0.1) is 0 Å². The lowest BCUT2D eigenvalue weighted by atomic mass is 10.1. The molecule has 7 heteroatoms. The van der Waals surface area contributed by atoms with E-state index in [2.05, 4.69) is 4.98 Å². The lowest BCUT2D eigenvalue weighted by Crippen LogP contribution is -2.24. The summed E-state index contributed by atoms with van der Waals surface area (Å²) in [4.78, 5) is 26.7. The van der Waals surface area contributed by atoms with Crippen molar-refractivity contribution < 1.29 is 9.18 Å². The highest BCUT2D eigenvalue weighted by Crippen LogP contribution is 2.12. The van der Waals surface area contributed by atoms with Crippen molar-refractivity contribution in [2.45, 2.75) is 13.5 Å². The number of hydrogen-bond donors (Lipinski definition) is 1. The monoisotopic (exact) mass is 295 g/mol. The molecule has 2 aromatic rings. The fourth-order valence-electron chi connectivity index (χ4n) is 1.78. The number of carbonyl (C=O) groups is 1. The molecular formula is C13H11ClFN3O2. The molecule has 104 valence electrons. The first kappa shape index (κ1) is 14.2. The quantitative estimate of drug-likeness (QED) is 0.872. The summed E-state index contributed by atoms with van der Waals surface area (Å²) >= 11 is 5.66. The summed E-state index contributed by atoms with van der Waals surface area (Å²) in [5.41, 5.74) is 5.02. The highest BCUT2D eigenvalue weighted by atomic mass is 35.5. The predicted octanol–water partition coefficient (Wildman–Crippen LogP) is 1.49. The average Bonchev–Trinajstić information content (AvgIpc) is 2.34. The number of benzene rings is 1. The molecule has 0 atom stereocenters. The van der Waals surface area contributed by atoms with Crippen LogP contribution in [0.5, 0.6) is 0 Å². The van der Waals surface area contributed by atoms with Crippen molar-refractivity contribution in [2.75, 3.05) is 0 Å². The summed E-state index contributed by atoms with van der Waals surface area (Å²) in [5.74, 6) is -0.944. The minimum Gasteiger partial charge on any atom is -0.366 e. The first-order valence-corrected chi connectivity index (χ1v) is 6.08. The van der Waals surface area contributed by atoms with Crippen molar-refractivity contribution >= 4 is 17.5 Å². The van der Waals surface area contributed by atoms with Crippen LogP contribution in [-0.4, -0.2) is 15.5 Å². The number of rotatable bonds is 3. The predicted molar refractivity (Wildman–Crippen MR) is 72.3 cm³/mol. The van der Waals surface area contributed by atoms with Crippen molar-refractivity contribution in [1.29, 1.82) is 0 Å². The number of primary amides is 1. The SMILES string of the molecule is Cc1nc(Cl)cc(=O)n1Cc1ccc(C(N)=O)cc1F. The average molecular weight is 296 g/mol. The summed E-state index contributed by atoms with van der Waals surface area (Å²) in [7, 11) is 0. The van der Waals surface area contributed by atoms with Crippen LogP contribution in [0.4, 0.5) is 4.39 Å². The van der Waals surface area contributed by atoms with Gasteiger partial charge in [-0.25, -0.2) is 9.37 Å². The zero-order valence-corrected chi connectivity index (χ0v) is 11.3. The number of nitrogens with zero attached hydrogens (tertiary/aromatic N) is 2. The van der Waals surface area contributed by atoms with Gasteiger partial charge in [-0.3, -0.25) is 14.2 Å². The zero-order chi connectivity index (χ0) is 14.9. The highest BCUT2D eigenvalue weighted by molar-refractivity contribution is 6.29. The normalized spacial score (nSPS) is 10.6. The number of nitrogens with two attached hydrogens (primary N) is 1. The van der Waals surface area contributed by atoms with Crippen LogP contribution in [0.2, 0.25) is 5.15 Å². The van der Waals surface area contributed by atoms with Gasteiger partial charge in [-0.1, -0.05) is 17.7 Å². The summed E-state index contributed by atoms with van der Waals surface area (Å²) in [6.07, 6.45) is 0. The van der Waals surface area contributed by atoms with Crippen molar-refractivity contribution in [3.05, 3.63) is 62.5 Å². The number of carbonyl (C=O) groups excluding carboxylic acids is 1. The summed E-state index contributed by atoms with van der Waals surface area (Å²) < 4.78 is 15.2. The lowest BCUT2D eigenvalue weighted by Gasteiger charge is -2.10. The largest absolute Gasteiger partial charge is 0.366 e. The van der Waals surface area contributed by atoms with E-state index in [1.165, 1.54) is 16.7 Å². The molecule has 20 heavy (non-hydrogen) atoms. The number of hydrogen-bond acceptors (Lipinski definition) is 3. The molecule has 0 aliphatic rings. The van der Waals surface area contributed by atoms with Gasteiger partial charge in [-0.05, 0) is 19.1 Å². The Balaban J connectivity index is 2.41. The molecule has 0 fully saturated rings. The number of aromatic nitrogens is 2. The molecular weight excluding hydrogens is 285 g/mol. The Morgan fingerprint density at radius 1 is 1.45 bits per heavy atom. The summed E-state index contributed by atoms with van der Waals surface area (Å²) in [5, 5.41) is 0.0910. The molecule has 2 rings (SSSR count). The standard InChI is InChI=1S/C13H11ClFN3O2/c1-7-17-11(14)5-12(19)18(7)6-9-3-2-8(13(16)20)4-10(9)15/h2-5H,6H2,1H3,(H2,16,20). The Labute approximate surface area is 118 Å². The molecule has 0 saturated carbocycles. The highest BCUT2D eigenvalue weighted by Gasteiger charge is 2.10. The van der Waals surface area contributed by atoms with Crippen LogP contribution in [-0.2, 0) is 6.54 Å². The Bertz CT molecular complexity index is 743. The molecule has 1 aromatic heterocycles. The van der Waals surface area contributed by atoms with Crippen LogP contribution < -0.4 is 11.3 Å². The fraction of sp³-hybridized carbons (Fsp3) is 0.154. The molecule has 0 aliphatic heterocycles. The molecule has 2 N–H and O–H groups in total. The molecule has 0 spiro atoms. The second-order valence-electron chi connectivity index (χ2n) is 4.22. The third-order valence-corrected chi connectivity index (χ3v) is 3.03. The lowest BCUT2D eigenvalue weighted by molar-refractivity contribution is 0.1000. The topological polar surface area (TPSA) is 78.0 Å². The molecule has 1 aromatic carbocycles. The van der Waals surface area contributed by atoms with Gasteiger partial charge in [0.25, 0.3) is 5.56 Å². The van der Waals surface area contributed by atoms with Gasteiger partial charge in [-0.2, -0.15) is 0 Å². The maximum absolute atomic E-state index is 13.9. The Morgan fingerprint density at radius 3 is 2.70 bits per heavy atom. The molecule has 0 saturated heterocycles. The van der Waals surface area contributed by atoms with E-state index in [-0.39, 0.29) is 28.4 Å². The second-order valence-corrected chi connectivity index (χ2v) is 4.61. The maximum atomic E-state index is 13.9.